The Bertz CT molecular complexity index is 534. The number of anilines is 1. The van der Waals surface area contributed by atoms with Crippen LogP contribution in [0.3, 0.4) is 0 Å². The fourth-order valence-electron chi connectivity index (χ4n) is 1.33. The van der Waals surface area contributed by atoms with Crippen molar-refractivity contribution >= 4 is 40.5 Å². The van der Waals surface area contributed by atoms with Gasteiger partial charge in [-0.3, -0.25) is 0 Å². The normalized spacial score (nSPS) is 10.3. The van der Waals surface area contributed by atoms with E-state index in [1.54, 1.807) is 36.4 Å². The van der Waals surface area contributed by atoms with Gasteiger partial charge in [-0.1, -0.05) is 40.9 Å². The molecule has 2 rings (SSSR count). The summed E-state index contributed by atoms with van der Waals surface area (Å²) >= 11 is 17.9. The zero-order valence-corrected chi connectivity index (χ0v) is 10.9. The van der Waals surface area contributed by atoms with Crippen LogP contribution < -0.4 is 10.5 Å². The number of nitrogens with two attached hydrogens (primary N) is 1. The van der Waals surface area contributed by atoms with Crippen LogP contribution in [0.25, 0.3) is 0 Å². The smallest absolute Gasteiger partial charge is 0.164 e. The van der Waals surface area contributed by atoms with E-state index < -0.39 is 0 Å². The molecule has 88 valence electrons. The molecule has 0 saturated heterocycles. The topological polar surface area (TPSA) is 35.2 Å². The first kappa shape index (κ1) is 12.4. The van der Waals surface area contributed by atoms with Gasteiger partial charge in [0.2, 0.25) is 0 Å². The first-order valence-corrected chi connectivity index (χ1v) is 5.87. The SMILES string of the molecule is Nc1cc(Cl)c(Oc2cccc(Cl)c2)c(Cl)c1. The molecule has 0 fully saturated rings. The predicted octanol–water partition coefficient (Wildman–Crippen LogP) is 5.02. The number of hydrogen-bond donors (Lipinski definition) is 1. The van der Waals surface area contributed by atoms with Crippen LogP contribution in [0.15, 0.2) is 36.4 Å². The highest BCUT2D eigenvalue weighted by molar-refractivity contribution is 6.37. The van der Waals surface area contributed by atoms with Crippen molar-refractivity contribution in [2.75, 3.05) is 5.73 Å². The van der Waals surface area contributed by atoms with Gasteiger partial charge in [0.15, 0.2) is 5.75 Å². The van der Waals surface area contributed by atoms with E-state index in [1.807, 2.05) is 0 Å². The van der Waals surface area contributed by atoms with Crippen LogP contribution in [-0.2, 0) is 0 Å². The van der Waals surface area contributed by atoms with Crippen LogP contribution in [-0.4, -0.2) is 0 Å². The van der Waals surface area contributed by atoms with E-state index in [2.05, 4.69) is 0 Å². The molecular weight excluding hydrogens is 280 g/mol. The lowest BCUT2D eigenvalue weighted by Gasteiger charge is -2.10. The van der Waals surface area contributed by atoms with Gasteiger partial charge < -0.3 is 10.5 Å². The molecule has 0 aliphatic heterocycles. The molecule has 2 aromatic carbocycles. The summed E-state index contributed by atoms with van der Waals surface area (Å²) < 4.78 is 5.57. The second-order valence-corrected chi connectivity index (χ2v) is 4.62. The molecule has 0 aliphatic rings. The predicted molar refractivity (Wildman–Crippen MR) is 72.4 cm³/mol. The van der Waals surface area contributed by atoms with Crippen molar-refractivity contribution in [2.45, 2.75) is 0 Å². The van der Waals surface area contributed by atoms with Crippen LogP contribution in [0.4, 0.5) is 5.69 Å². The van der Waals surface area contributed by atoms with Crippen molar-refractivity contribution in [3.05, 3.63) is 51.5 Å². The van der Waals surface area contributed by atoms with Crippen LogP contribution in [0.2, 0.25) is 15.1 Å². The summed E-state index contributed by atoms with van der Waals surface area (Å²) in [5.41, 5.74) is 6.08. The Balaban J connectivity index is 2.36. The van der Waals surface area contributed by atoms with Crippen molar-refractivity contribution in [3.63, 3.8) is 0 Å². The number of hydrogen-bond acceptors (Lipinski definition) is 2. The fourth-order valence-corrected chi connectivity index (χ4v) is 2.09. The molecule has 2 nitrogen and oxygen atoms in total. The maximum atomic E-state index is 6.00. The second kappa shape index (κ2) is 5.05. The van der Waals surface area contributed by atoms with Crippen LogP contribution in [0, 0.1) is 0 Å². The molecule has 0 bridgehead atoms. The number of nitrogen functional groups attached to an aromatic ring is 1. The zero-order chi connectivity index (χ0) is 12.4. The van der Waals surface area contributed by atoms with E-state index >= 15 is 0 Å². The van der Waals surface area contributed by atoms with E-state index in [0.717, 1.165) is 0 Å². The minimum atomic E-state index is 0.356. The summed E-state index contributed by atoms with van der Waals surface area (Å²) in [6, 6.07) is 10.1. The van der Waals surface area contributed by atoms with Gasteiger partial charge in [0.1, 0.15) is 5.75 Å². The molecule has 0 amide bonds. The summed E-state index contributed by atoms with van der Waals surface area (Å²) in [5.74, 6) is 0.927. The molecule has 0 aromatic heterocycles. The number of benzene rings is 2. The third kappa shape index (κ3) is 2.97. The molecule has 0 aliphatic carbocycles. The van der Waals surface area contributed by atoms with E-state index in [-0.39, 0.29) is 0 Å². The average Bonchev–Trinajstić information content (AvgIpc) is 2.23. The Morgan fingerprint density at radius 2 is 1.59 bits per heavy atom. The third-order valence-corrected chi connectivity index (χ3v) is 2.83. The summed E-state index contributed by atoms with van der Waals surface area (Å²) in [4.78, 5) is 0. The van der Waals surface area contributed by atoms with Crippen molar-refractivity contribution in [3.8, 4) is 11.5 Å². The zero-order valence-electron chi connectivity index (χ0n) is 8.58. The lowest BCUT2D eigenvalue weighted by molar-refractivity contribution is 0.483. The van der Waals surface area contributed by atoms with Gasteiger partial charge in [-0.05, 0) is 30.3 Å². The summed E-state index contributed by atoms with van der Waals surface area (Å²) in [7, 11) is 0. The molecule has 0 atom stereocenters. The van der Waals surface area contributed by atoms with Crippen molar-refractivity contribution < 1.29 is 4.74 Å². The molecule has 0 radical (unpaired) electrons. The van der Waals surface area contributed by atoms with E-state index in [1.165, 1.54) is 0 Å². The Kier molecular flexibility index (Phi) is 3.67. The maximum absolute atomic E-state index is 6.00. The monoisotopic (exact) mass is 287 g/mol. The summed E-state index contributed by atoms with van der Waals surface area (Å²) in [6.45, 7) is 0. The average molecular weight is 289 g/mol. The molecule has 17 heavy (non-hydrogen) atoms. The Labute approximate surface area is 114 Å². The maximum Gasteiger partial charge on any atom is 0.164 e. The van der Waals surface area contributed by atoms with Gasteiger partial charge in [-0.2, -0.15) is 0 Å². The van der Waals surface area contributed by atoms with Gasteiger partial charge in [0.25, 0.3) is 0 Å². The molecule has 2 aromatic rings. The molecule has 0 heterocycles. The standard InChI is InChI=1S/C12H8Cl3NO/c13-7-2-1-3-9(4-7)17-12-10(14)5-8(16)6-11(12)15/h1-6H,16H2. The van der Waals surface area contributed by atoms with Gasteiger partial charge in [0, 0.05) is 10.7 Å². The Morgan fingerprint density at radius 3 is 2.18 bits per heavy atom. The first-order chi connectivity index (χ1) is 8.06. The van der Waals surface area contributed by atoms with E-state index in [0.29, 0.717) is 32.3 Å². The van der Waals surface area contributed by atoms with Crippen molar-refractivity contribution in [1.82, 2.24) is 0 Å². The van der Waals surface area contributed by atoms with Crippen molar-refractivity contribution in [2.24, 2.45) is 0 Å². The highest BCUT2D eigenvalue weighted by Crippen LogP contribution is 2.38. The van der Waals surface area contributed by atoms with Crippen LogP contribution in [0.1, 0.15) is 0 Å². The second-order valence-electron chi connectivity index (χ2n) is 3.37. The number of rotatable bonds is 2. The molecule has 0 saturated carbocycles. The minimum Gasteiger partial charge on any atom is -0.454 e. The van der Waals surface area contributed by atoms with Crippen LogP contribution >= 0.6 is 34.8 Å². The largest absolute Gasteiger partial charge is 0.454 e. The molecular formula is C12H8Cl3NO. The summed E-state index contributed by atoms with van der Waals surface area (Å²) in [6.07, 6.45) is 0. The van der Waals surface area contributed by atoms with Gasteiger partial charge >= 0.3 is 0 Å². The highest BCUT2D eigenvalue weighted by Gasteiger charge is 2.10. The summed E-state index contributed by atoms with van der Waals surface area (Å²) in [5, 5.41) is 1.29. The number of halogens is 3. The molecule has 0 unspecified atom stereocenters. The lowest BCUT2D eigenvalue weighted by Crippen LogP contribution is -1.90. The van der Waals surface area contributed by atoms with Crippen LogP contribution in [0.5, 0.6) is 11.5 Å². The third-order valence-electron chi connectivity index (χ3n) is 2.04. The van der Waals surface area contributed by atoms with Gasteiger partial charge in [0.05, 0.1) is 10.0 Å². The van der Waals surface area contributed by atoms with E-state index in [4.69, 9.17) is 45.3 Å². The highest BCUT2D eigenvalue weighted by atomic mass is 35.5. The van der Waals surface area contributed by atoms with Gasteiger partial charge in [-0.15, -0.1) is 0 Å². The quantitative estimate of drug-likeness (QED) is 0.787. The number of ether oxygens (including phenoxy) is 1. The first-order valence-electron chi connectivity index (χ1n) is 4.74. The van der Waals surface area contributed by atoms with Gasteiger partial charge in [-0.25, -0.2) is 0 Å². The van der Waals surface area contributed by atoms with E-state index in [9.17, 15) is 0 Å². The molecule has 5 heteroatoms. The fraction of sp³-hybridized carbons (Fsp3) is 0. The Morgan fingerprint density at radius 1 is 0.941 bits per heavy atom. The minimum absolute atomic E-state index is 0.356. The Hall–Kier alpha value is -1.09. The van der Waals surface area contributed by atoms with Crippen molar-refractivity contribution in [1.29, 1.82) is 0 Å². The lowest BCUT2D eigenvalue weighted by atomic mass is 10.3. The molecule has 0 spiro atoms. The molecule has 2 N–H and O–H groups in total.